The number of fused-ring (bicyclic) bond motifs is 1. The number of carbonyl (C=O) groups is 1. The van der Waals surface area contributed by atoms with Crippen LogP contribution in [-0.2, 0) is 0 Å². The van der Waals surface area contributed by atoms with Crippen LogP contribution in [0.2, 0.25) is 0 Å². The molecule has 1 fully saturated rings. The number of benzene rings is 3. The van der Waals surface area contributed by atoms with E-state index in [1.807, 2.05) is 77.7 Å². The maximum atomic E-state index is 13.7. The Kier molecular flexibility index (Phi) is 5.50. The van der Waals surface area contributed by atoms with Crippen LogP contribution in [0, 0.1) is 0 Å². The van der Waals surface area contributed by atoms with Crippen molar-refractivity contribution in [2.45, 2.75) is 6.42 Å². The molecule has 162 valence electrons. The lowest BCUT2D eigenvalue weighted by molar-refractivity contribution is 0.0764. The summed E-state index contributed by atoms with van der Waals surface area (Å²) in [5.41, 5.74) is 4.12. The first-order valence-electron chi connectivity index (χ1n) is 10.9. The third-order valence-electron chi connectivity index (χ3n) is 5.88. The Hall–Kier alpha value is -3.80. The van der Waals surface area contributed by atoms with Crippen LogP contribution in [0.1, 0.15) is 16.8 Å². The van der Waals surface area contributed by atoms with E-state index in [9.17, 15) is 4.79 Å². The molecule has 0 bridgehead atoms. The molecular formula is C26H25N3O3. The van der Waals surface area contributed by atoms with E-state index in [0.717, 1.165) is 35.2 Å². The van der Waals surface area contributed by atoms with Crippen molar-refractivity contribution in [2.24, 2.45) is 0 Å². The van der Waals surface area contributed by atoms with Gasteiger partial charge in [-0.25, -0.2) is 0 Å². The Morgan fingerprint density at radius 3 is 2.53 bits per heavy atom. The predicted molar refractivity (Wildman–Crippen MR) is 125 cm³/mol. The van der Waals surface area contributed by atoms with Gasteiger partial charge < -0.3 is 19.0 Å². The van der Waals surface area contributed by atoms with Gasteiger partial charge in [0.15, 0.2) is 5.58 Å². The zero-order chi connectivity index (χ0) is 21.9. The van der Waals surface area contributed by atoms with Crippen LogP contribution in [0.5, 0.6) is 5.75 Å². The number of rotatable bonds is 4. The SMILES string of the molecule is COc1cccc(-c2ccccc2)c1C(=O)N1CCCN(c2nc3ccccc3o2)CC1. The molecule has 0 spiro atoms. The molecule has 0 aliphatic carbocycles. The van der Waals surface area contributed by atoms with Crippen LogP contribution in [0.3, 0.4) is 0 Å². The summed E-state index contributed by atoms with van der Waals surface area (Å²) in [5.74, 6) is 0.581. The van der Waals surface area contributed by atoms with Crippen molar-refractivity contribution >= 4 is 23.0 Å². The zero-order valence-electron chi connectivity index (χ0n) is 18.0. The first-order chi connectivity index (χ1) is 15.7. The Labute approximate surface area is 187 Å². The fraction of sp³-hybridized carbons (Fsp3) is 0.231. The number of hydrogen-bond acceptors (Lipinski definition) is 5. The number of anilines is 1. The van der Waals surface area contributed by atoms with Crippen LogP contribution in [0.4, 0.5) is 6.01 Å². The molecule has 0 atom stereocenters. The fourth-order valence-corrected chi connectivity index (χ4v) is 4.25. The minimum absolute atomic E-state index is 0.0132. The lowest BCUT2D eigenvalue weighted by Crippen LogP contribution is -2.35. The van der Waals surface area contributed by atoms with Gasteiger partial charge in [0.25, 0.3) is 11.9 Å². The minimum atomic E-state index is -0.0132. The Morgan fingerprint density at radius 2 is 1.72 bits per heavy atom. The van der Waals surface area contributed by atoms with Gasteiger partial charge in [0.2, 0.25) is 0 Å². The van der Waals surface area contributed by atoms with Crippen LogP contribution >= 0.6 is 0 Å². The van der Waals surface area contributed by atoms with E-state index in [0.29, 0.717) is 37.0 Å². The monoisotopic (exact) mass is 427 g/mol. The van der Waals surface area contributed by atoms with Crippen molar-refractivity contribution in [1.29, 1.82) is 0 Å². The number of carbonyl (C=O) groups excluding carboxylic acids is 1. The van der Waals surface area contributed by atoms with Crippen molar-refractivity contribution < 1.29 is 13.9 Å². The van der Waals surface area contributed by atoms with E-state index in [1.54, 1.807) is 7.11 Å². The second-order valence-electron chi connectivity index (χ2n) is 7.85. The van der Waals surface area contributed by atoms with Crippen LogP contribution in [-0.4, -0.2) is 49.1 Å². The van der Waals surface area contributed by atoms with Crippen molar-refractivity contribution in [3.63, 3.8) is 0 Å². The van der Waals surface area contributed by atoms with E-state index in [-0.39, 0.29) is 5.91 Å². The van der Waals surface area contributed by atoms with Gasteiger partial charge in [-0.2, -0.15) is 4.98 Å². The molecule has 2 heterocycles. The summed E-state index contributed by atoms with van der Waals surface area (Å²) in [6.45, 7) is 2.70. The van der Waals surface area contributed by atoms with Gasteiger partial charge in [-0.15, -0.1) is 0 Å². The third kappa shape index (κ3) is 3.80. The van der Waals surface area contributed by atoms with Gasteiger partial charge in [-0.1, -0.05) is 54.6 Å². The number of hydrogen-bond donors (Lipinski definition) is 0. The zero-order valence-corrected chi connectivity index (χ0v) is 18.0. The molecule has 0 N–H and O–H groups in total. The van der Waals surface area contributed by atoms with E-state index in [4.69, 9.17) is 9.15 Å². The van der Waals surface area contributed by atoms with Gasteiger partial charge >= 0.3 is 0 Å². The molecule has 0 unspecified atom stereocenters. The number of ether oxygens (including phenoxy) is 1. The van der Waals surface area contributed by atoms with Gasteiger partial charge in [0, 0.05) is 26.2 Å². The maximum absolute atomic E-state index is 13.7. The first kappa shape index (κ1) is 20.1. The molecule has 6 nitrogen and oxygen atoms in total. The number of aromatic nitrogens is 1. The smallest absolute Gasteiger partial charge is 0.298 e. The van der Waals surface area contributed by atoms with Gasteiger partial charge in [-0.3, -0.25) is 4.79 Å². The first-order valence-corrected chi connectivity index (χ1v) is 10.9. The van der Waals surface area contributed by atoms with Crippen molar-refractivity contribution in [3.8, 4) is 16.9 Å². The highest BCUT2D eigenvalue weighted by molar-refractivity contribution is 6.03. The molecule has 1 aliphatic heterocycles. The summed E-state index contributed by atoms with van der Waals surface area (Å²) in [7, 11) is 1.61. The fourth-order valence-electron chi connectivity index (χ4n) is 4.25. The molecule has 0 saturated carbocycles. The Balaban J connectivity index is 1.41. The second kappa shape index (κ2) is 8.75. The molecule has 4 aromatic rings. The molecule has 1 aromatic heterocycles. The molecule has 6 heteroatoms. The minimum Gasteiger partial charge on any atom is -0.496 e. The van der Waals surface area contributed by atoms with Crippen molar-refractivity contribution in [2.75, 3.05) is 38.2 Å². The molecule has 0 radical (unpaired) electrons. The van der Waals surface area contributed by atoms with E-state index in [2.05, 4.69) is 9.88 Å². The number of amides is 1. The number of para-hydroxylation sites is 2. The highest BCUT2D eigenvalue weighted by Crippen LogP contribution is 2.32. The normalized spacial score (nSPS) is 14.4. The lowest BCUT2D eigenvalue weighted by atomic mass is 9.97. The summed E-state index contributed by atoms with van der Waals surface area (Å²) in [5, 5.41) is 0. The van der Waals surface area contributed by atoms with E-state index in [1.165, 1.54) is 0 Å². The van der Waals surface area contributed by atoms with Crippen LogP contribution < -0.4 is 9.64 Å². The Morgan fingerprint density at radius 1 is 0.906 bits per heavy atom. The molecule has 32 heavy (non-hydrogen) atoms. The average molecular weight is 428 g/mol. The van der Waals surface area contributed by atoms with Gasteiger partial charge in [-0.05, 0) is 35.7 Å². The predicted octanol–water partition coefficient (Wildman–Crippen LogP) is 4.86. The van der Waals surface area contributed by atoms with Gasteiger partial charge in [0.05, 0.1) is 12.7 Å². The Bertz CT molecular complexity index is 1200. The molecule has 1 amide bonds. The maximum Gasteiger partial charge on any atom is 0.298 e. The number of nitrogens with zero attached hydrogens (tertiary/aromatic N) is 3. The molecule has 1 aliphatic rings. The summed E-state index contributed by atoms with van der Waals surface area (Å²) < 4.78 is 11.5. The second-order valence-corrected chi connectivity index (χ2v) is 7.85. The topological polar surface area (TPSA) is 58.8 Å². The molecule has 1 saturated heterocycles. The number of oxazole rings is 1. The summed E-state index contributed by atoms with van der Waals surface area (Å²) in [4.78, 5) is 22.4. The third-order valence-corrected chi connectivity index (χ3v) is 5.88. The van der Waals surface area contributed by atoms with E-state index >= 15 is 0 Å². The van der Waals surface area contributed by atoms with Crippen molar-refractivity contribution in [3.05, 3.63) is 78.4 Å². The van der Waals surface area contributed by atoms with Crippen molar-refractivity contribution in [1.82, 2.24) is 9.88 Å². The summed E-state index contributed by atoms with van der Waals surface area (Å²) >= 11 is 0. The van der Waals surface area contributed by atoms with E-state index < -0.39 is 0 Å². The van der Waals surface area contributed by atoms with Gasteiger partial charge in [0.1, 0.15) is 11.3 Å². The highest BCUT2D eigenvalue weighted by Gasteiger charge is 2.27. The summed E-state index contributed by atoms with van der Waals surface area (Å²) in [6.07, 6.45) is 0.834. The largest absolute Gasteiger partial charge is 0.496 e. The molecule has 3 aromatic carbocycles. The van der Waals surface area contributed by atoms with Crippen LogP contribution in [0.15, 0.2) is 77.2 Å². The lowest BCUT2D eigenvalue weighted by Gasteiger charge is -2.23. The summed E-state index contributed by atoms with van der Waals surface area (Å²) in [6, 6.07) is 24.1. The molecule has 5 rings (SSSR count). The quantitative estimate of drug-likeness (QED) is 0.466. The number of methoxy groups -OCH3 is 1. The van der Waals surface area contributed by atoms with Crippen LogP contribution in [0.25, 0.3) is 22.2 Å². The highest BCUT2D eigenvalue weighted by atomic mass is 16.5. The average Bonchev–Trinajstić information content (AvgIpc) is 3.13. The standard InChI is InChI=1S/C26H25N3O3/c1-31-23-14-7-11-20(19-9-3-2-4-10-19)24(23)25(30)28-15-8-16-29(18-17-28)26-27-21-12-5-6-13-22(21)32-26/h2-7,9-14H,8,15-18H2,1H3. The molecular weight excluding hydrogens is 402 g/mol.